The van der Waals surface area contributed by atoms with E-state index in [1.54, 1.807) is 19.2 Å². The maximum absolute atomic E-state index is 12.8. The Balaban J connectivity index is 1.77. The summed E-state index contributed by atoms with van der Waals surface area (Å²) in [4.78, 5) is 20.0. The Bertz CT molecular complexity index is 996. The molecular weight excluding hydrogens is 379 g/mol. The molecule has 4 rings (SSSR count). The van der Waals surface area contributed by atoms with Crippen molar-refractivity contribution in [3.8, 4) is 16.2 Å². The first kappa shape index (κ1) is 17.6. The highest BCUT2D eigenvalue weighted by atomic mass is 32.1. The van der Waals surface area contributed by atoms with E-state index in [0.717, 1.165) is 9.75 Å². The molecule has 2 aliphatic rings. The standard InChI is InChI=1S/C18H14F3N3O2S/c1-24-15(25)17(23-16(24)22)7-3-6-13-12(17)9-14(27-13)10-4-2-5-11(8-10)26-18(19,20)21/h2-6,8-9H,7H2,1H3,(H2,22,23). The van der Waals surface area contributed by atoms with Crippen LogP contribution >= 0.6 is 11.3 Å². The lowest BCUT2D eigenvalue weighted by atomic mass is 9.83. The van der Waals surface area contributed by atoms with Gasteiger partial charge in [0.05, 0.1) is 0 Å². The molecular formula is C18H14F3N3O2S. The van der Waals surface area contributed by atoms with Gasteiger partial charge >= 0.3 is 6.36 Å². The van der Waals surface area contributed by atoms with Gasteiger partial charge in [0.15, 0.2) is 11.5 Å². The summed E-state index contributed by atoms with van der Waals surface area (Å²) >= 11 is 1.38. The number of carbonyl (C=O) groups excluding carboxylic acids is 1. The number of likely N-dealkylation sites (N-methyl/N-ethyl adjacent to an activating group) is 1. The van der Waals surface area contributed by atoms with E-state index in [4.69, 9.17) is 5.73 Å². The molecule has 0 saturated carbocycles. The Morgan fingerprint density at radius 3 is 2.78 bits per heavy atom. The molecule has 5 nitrogen and oxygen atoms in total. The number of halogens is 3. The molecule has 0 saturated heterocycles. The molecule has 0 fully saturated rings. The number of guanidine groups is 1. The van der Waals surface area contributed by atoms with Crippen molar-refractivity contribution in [1.82, 2.24) is 4.90 Å². The molecule has 1 spiro atoms. The Kier molecular flexibility index (Phi) is 3.81. The molecule has 1 aromatic heterocycles. The van der Waals surface area contributed by atoms with Crippen molar-refractivity contribution in [2.45, 2.75) is 18.3 Å². The summed E-state index contributed by atoms with van der Waals surface area (Å²) < 4.78 is 41.4. The number of carbonyl (C=O) groups is 1. The molecule has 1 aromatic carbocycles. The number of benzene rings is 1. The molecule has 1 atom stereocenters. The SMILES string of the molecule is CN1C(=O)C2(CC=Cc3sc(-c4cccc(OC(F)(F)F)c4)cc32)N=C1N. The lowest BCUT2D eigenvalue weighted by Gasteiger charge is -2.26. The van der Waals surface area contributed by atoms with Gasteiger partial charge < -0.3 is 10.5 Å². The first-order valence-electron chi connectivity index (χ1n) is 8.00. The van der Waals surface area contributed by atoms with Crippen molar-refractivity contribution < 1.29 is 22.7 Å². The molecule has 2 heterocycles. The highest BCUT2D eigenvalue weighted by Gasteiger charge is 2.49. The van der Waals surface area contributed by atoms with Gasteiger partial charge in [-0.3, -0.25) is 9.69 Å². The zero-order valence-corrected chi connectivity index (χ0v) is 14.9. The topological polar surface area (TPSA) is 67.9 Å². The third kappa shape index (κ3) is 2.87. The normalized spacial score (nSPS) is 21.6. The predicted octanol–water partition coefficient (Wildman–Crippen LogP) is 3.71. The van der Waals surface area contributed by atoms with Crippen LogP contribution in [0.5, 0.6) is 5.75 Å². The van der Waals surface area contributed by atoms with Gasteiger partial charge in [0.1, 0.15) is 5.75 Å². The Morgan fingerprint density at radius 1 is 1.33 bits per heavy atom. The van der Waals surface area contributed by atoms with Crippen LogP contribution in [-0.2, 0) is 10.3 Å². The number of hydrogen-bond donors (Lipinski definition) is 1. The fraction of sp³-hybridized carbons (Fsp3) is 0.222. The highest BCUT2D eigenvalue weighted by Crippen LogP contribution is 2.47. The monoisotopic (exact) mass is 393 g/mol. The number of ether oxygens (including phenoxy) is 1. The molecule has 1 unspecified atom stereocenters. The van der Waals surface area contributed by atoms with Crippen molar-refractivity contribution >= 4 is 29.3 Å². The zero-order valence-electron chi connectivity index (χ0n) is 14.1. The van der Waals surface area contributed by atoms with Crippen molar-refractivity contribution in [2.24, 2.45) is 10.7 Å². The number of amides is 1. The van der Waals surface area contributed by atoms with Gasteiger partial charge in [0.25, 0.3) is 5.91 Å². The maximum atomic E-state index is 12.8. The average Bonchev–Trinajstić information content (AvgIpc) is 3.12. The lowest BCUT2D eigenvalue weighted by Crippen LogP contribution is -2.40. The van der Waals surface area contributed by atoms with Crippen molar-refractivity contribution in [3.05, 3.63) is 46.8 Å². The van der Waals surface area contributed by atoms with Crippen LogP contribution < -0.4 is 10.5 Å². The minimum absolute atomic E-state index is 0.148. The van der Waals surface area contributed by atoms with E-state index in [1.807, 2.05) is 12.2 Å². The van der Waals surface area contributed by atoms with Crippen LogP contribution in [0.2, 0.25) is 0 Å². The number of hydrogen-bond acceptors (Lipinski definition) is 5. The predicted molar refractivity (Wildman–Crippen MR) is 96.2 cm³/mol. The average molecular weight is 393 g/mol. The number of fused-ring (bicyclic) bond motifs is 2. The third-order valence-electron chi connectivity index (χ3n) is 4.55. The minimum atomic E-state index is -4.76. The number of nitrogens with zero attached hydrogens (tertiary/aromatic N) is 2. The van der Waals surface area contributed by atoms with E-state index < -0.39 is 11.9 Å². The van der Waals surface area contributed by atoms with Crippen molar-refractivity contribution in [1.29, 1.82) is 0 Å². The quantitative estimate of drug-likeness (QED) is 0.846. The first-order valence-corrected chi connectivity index (χ1v) is 8.82. The molecule has 0 radical (unpaired) electrons. The van der Waals surface area contributed by atoms with E-state index in [2.05, 4.69) is 9.73 Å². The van der Waals surface area contributed by atoms with E-state index in [0.29, 0.717) is 17.5 Å². The molecule has 140 valence electrons. The fourth-order valence-corrected chi connectivity index (χ4v) is 4.46. The van der Waals surface area contributed by atoms with Crippen LogP contribution in [0, 0.1) is 0 Å². The molecule has 1 aliphatic carbocycles. The highest BCUT2D eigenvalue weighted by molar-refractivity contribution is 7.16. The number of aliphatic imine (C=N–C) groups is 1. The first-order chi connectivity index (χ1) is 12.7. The van der Waals surface area contributed by atoms with E-state index in [9.17, 15) is 18.0 Å². The van der Waals surface area contributed by atoms with Crippen LogP contribution in [0.4, 0.5) is 13.2 Å². The fourth-order valence-electron chi connectivity index (χ4n) is 3.30. The second kappa shape index (κ2) is 5.85. The summed E-state index contributed by atoms with van der Waals surface area (Å²) in [5.41, 5.74) is 6.02. The number of thiophene rings is 1. The molecule has 0 bridgehead atoms. The van der Waals surface area contributed by atoms with Gasteiger partial charge in [-0.05, 0) is 29.8 Å². The zero-order chi connectivity index (χ0) is 19.4. The van der Waals surface area contributed by atoms with E-state index in [-0.39, 0.29) is 17.6 Å². The largest absolute Gasteiger partial charge is 0.573 e. The van der Waals surface area contributed by atoms with Gasteiger partial charge in [-0.25, -0.2) is 4.99 Å². The number of alkyl halides is 3. The molecule has 1 aliphatic heterocycles. The van der Waals surface area contributed by atoms with Gasteiger partial charge in [0, 0.05) is 28.8 Å². The number of rotatable bonds is 2. The second-order valence-electron chi connectivity index (χ2n) is 6.27. The molecule has 1 amide bonds. The van der Waals surface area contributed by atoms with Crippen molar-refractivity contribution in [3.63, 3.8) is 0 Å². The summed E-state index contributed by atoms with van der Waals surface area (Å²) in [6.07, 6.45) is -0.619. The summed E-state index contributed by atoms with van der Waals surface area (Å²) in [6.45, 7) is 0. The lowest BCUT2D eigenvalue weighted by molar-refractivity contribution is -0.274. The van der Waals surface area contributed by atoms with Crippen LogP contribution in [0.25, 0.3) is 16.5 Å². The van der Waals surface area contributed by atoms with Crippen molar-refractivity contribution in [2.75, 3.05) is 7.05 Å². The Morgan fingerprint density at radius 2 is 2.11 bits per heavy atom. The minimum Gasteiger partial charge on any atom is -0.406 e. The molecule has 2 aromatic rings. The summed E-state index contributed by atoms with van der Waals surface area (Å²) in [5, 5.41) is 0. The summed E-state index contributed by atoms with van der Waals surface area (Å²) in [6, 6.07) is 7.54. The van der Waals surface area contributed by atoms with Gasteiger partial charge in [-0.15, -0.1) is 24.5 Å². The second-order valence-corrected chi connectivity index (χ2v) is 7.35. The molecule has 27 heavy (non-hydrogen) atoms. The molecule has 9 heteroatoms. The van der Waals surface area contributed by atoms with Crippen LogP contribution in [0.15, 0.2) is 41.4 Å². The smallest absolute Gasteiger partial charge is 0.406 e. The van der Waals surface area contributed by atoms with Crippen LogP contribution in [0.3, 0.4) is 0 Å². The summed E-state index contributed by atoms with van der Waals surface area (Å²) in [5.74, 6) is -0.366. The van der Waals surface area contributed by atoms with E-state index in [1.165, 1.54) is 34.4 Å². The summed E-state index contributed by atoms with van der Waals surface area (Å²) in [7, 11) is 1.57. The van der Waals surface area contributed by atoms with E-state index >= 15 is 0 Å². The van der Waals surface area contributed by atoms with Crippen LogP contribution in [-0.4, -0.2) is 30.2 Å². The Labute approximate surface area is 156 Å². The molecule has 2 N–H and O–H groups in total. The van der Waals surface area contributed by atoms with Crippen LogP contribution in [0.1, 0.15) is 16.9 Å². The number of nitrogens with two attached hydrogens (primary N) is 1. The maximum Gasteiger partial charge on any atom is 0.573 e. The van der Waals surface area contributed by atoms with Gasteiger partial charge in [-0.1, -0.05) is 18.2 Å². The third-order valence-corrected chi connectivity index (χ3v) is 5.70. The van der Waals surface area contributed by atoms with Gasteiger partial charge in [-0.2, -0.15) is 0 Å². The van der Waals surface area contributed by atoms with Gasteiger partial charge in [0.2, 0.25) is 0 Å². The Hall–Kier alpha value is -2.81.